The predicted octanol–water partition coefficient (Wildman–Crippen LogP) is 6.17. The molecule has 0 aliphatic heterocycles. The molecule has 3 aromatic rings. The van der Waals surface area contributed by atoms with Gasteiger partial charge in [-0.2, -0.15) is 0 Å². The number of aryl methyl sites for hydroxylation is 2. The van der Waals surface area contributed by atoms with Crippen LogP contribution in [0.4, 0.5) is 0 Å². The average Bonchev–Trinajstić information content (AvgIpc) is 3.05. The van der Waals surface area contributed by atoms with Crippen LogP contribution in [-0.2, 0) is 4.79 Å². The van der Waals surface area contributed by atoms with Crippen molar-refractivity contribution >= 4 is 55.0 Å². The van der Waals surface area contributed by atoms with E-state index in [0.29, 0.717) is 0 Å². The third-order valence-electron chi connectivity index (χ3n) is 4.64. The molecule has 0 fully saturated rings. The van der Waals surface area contributed by atoms with E-state index in [1.807, 2.05) is 0 Å². The van der Waals surface area contributed by atoms with Crippen LogP contribution in [0.25, 0.3) is 21.9 Å². The number of rotatable bonds is 2. The Morgan fingerprint density at radius 2 is 1.79 bits per heavy atom. The molecule has 0 saturated heterocycles. The lowest BCUT2D eigenvalue weighted by Gasteiger charge is -2.10. The number of ketones is 1. The number of alkyl halides is 1. The summed E-state index contributed by atoms with van der Waals surface area (Å²) in [6.45, 7) is 4.21. The lowest BCUT2D eigenvalue weighted by Crippen LogP contribution is -2.07. The Bertz CT molecular complexity index is 991. The molecule has 0 N–H and O–H groups in total. The summed E-state index contributed by atoms with van der Waals surface area (Å²) in [4.78, 5) is 15.2. The van der Waals surface area contributed by atoms with Crippen LogP contribution in [-0.4, -0.2) is 10.6 Å². The second kappa shape index (κ2) is 5.98. The minimum atomic E-state index is -0.124. The number of fused-ring (bicyclic) bond motifs is 1. The van der Waals surface area contributed by atoms with Crippen molar-refractivity contribution in [2.24, 2.45) is 0 Å². The molecule has 1 atom stereocenters. The minimum absolute atomic E-state index is 0.124. The Morgan fingerprint density at radius 3 is 2.54 bits per heavy atom. The molecule has 1 unspecified atom stereocenters. The maximum atomic E-state index is 12.9. The standard InChI is InChI=1S/C21H17BrOS/c1-12-10-17(13(2)24-12)20-18(11-19(22)21(20)23)16-9-5-7-14-6-3-4-8-15(14)16/h3-10,19H,11H2,1-2H3. The highest BCUT2D eigenvalue weighted by molar-refractivity contribution is 9.10. The van der Waals surface area contributed by atoms with Gasteiger partial charge in [0.05, 0.1) is 4.83 Å². The van der Waals surface area contributed by atoms with Crippen molar-refractivity contribution < 1.29 is 4.79 Å². The van der Waals surface area contributed by atoms with E-state index in [2.05, 4.69) is 78.3 Å². The fourth-order valence-corrected chi connectivity index (χ4v) is 5.07. The summed E-state index contributed by atoms with van der Waals surface area (Å²) in [5.74, 6) is 0.207. The fraction of sp³-hybridized carbons (Fsp3) is 0.190. The number of carbonyl (C=O) groups is 1. The summed E-state index contributed by atoms with van der Waals surface area (Å²) in [7, 11) is 0. The molecule has 4 rings (SSSR count). The van der Waals surface area contributed by atoms with Crippen LogP contribution >= 0.6 is 27.3 Å². The van der Waals surface area contributed by atoms with E-state index < -0.39 is 0 Å². The van der Waals surface area contributed by atoms with E-state index in [-0.39, 0.29) is 10.6 Å². The van der Waals surface area contributed by atoms with Gasteiger partial charge in [0.2, 0.25) is 0 Å². The van der Waals surface area contributed by atoms with Gasteiger partial charge in [0.15, 0.2) is 5.78 Å². The maximum Gasteiger partial charge on any atom is 0.177 e. The molecule has 2 aromatic carbocycles. The van der Waals surface area contributed by atoms with Gasteiger partial charge in [0, 0.05) is 15.3 Å². The van der Waals surface area contributed by atoms with Crippen LogP contribution in [0.2, 0.25) is 0 Å². The van der Waals surface area contributed by atoms with E-state index in [1.54, 1.807) is 11.3 Å². The van der Waals surface area contributed by atoms with Crippen LogP contribution < -0.4 is 0 Å². The van der Waals surface area contributed by atoms with Gasteiger partial charge in [-0.05, 0) is 53.8 Å². The Morgan fingerprint density at radius 1 is 1.04 bits per heavy atom. The van der Waals surface area contributed by atoms with Gasteiger partial charge in [-0.15, -0.1) is 11.3 Å². The summed E-state index contributed by atoms with van der Waals surface area (Å²) >= 11 is 5.35. The second-order valence-electron chi connectivity index (χ2n) is 6.24. The molecule has 1 aliphatic carbocycles. The second-order valence-corrected chi connectivity index (χ2v) is 8.81. The normalized spacial score (nSPS) is 18.0. The molecule has 120 valence electrons. The van der Waals surface area contributed by atoms with Gasteiger partial charge in [0.1, 0.15) is 0 Å². The topological polar surface area (TPSA) is 17.1 Å². The van der Waals surface area contributed by atoms with Gasteiger partial charge in [0.25, 0.3) is 0 Å². The van der Waals surface area contributed by atoms with E-state index in [0.717, 1.165) is 17.6 Å². The van der Waals surface area contributed by atoms with Gasteiger partial charge >= 0.3 is 0 Å². The minimum Gasteiger partial charge on any atom is -0.293 e. The van der Waals surface area contributed by atoms with Crippen molar-refractivity contribution in [1.29, 1.82) is 0 Å². The first-order valence-electron chi connectivity index (χ1n) is 8.03. The van der Waals surface area contributed by atoms with E-state index in [9.17, 15) is 4.79 Å². The molecule has 1 aliphatic rings. The fourth-order valence-electron chi connectivity index (χ4n) is 3.59. The molecule has 1 heterocycles. The maximum absolute atomic E-state index is 12.9. The van der Waals surface area contributed by atoms with Crippen molar-refractivity contribution in [1.82, 2.24) is 0 Å². The number of halogens is 1. The van der Waals surface area contributed by atoms with Gasteiger partial charge < -0.3 is 0 Å². The first-order valence-corrected chi connectivity index (χ1v) is 9.76. The van der Waals surface area contributed by atoms with Crippen LogP contribution in [0.15, 0.2) is 48.5 Å². The van der Waals surface area contributed by atoms with Crippen molar-refractivity contribution in [2.45, 2.75) is 25.1 Å². The van der Waals surface area contributed by atoms with Crippen LogP contribution in [0.3, 0.4) is 0 Å². The third-order valence-corrected chi connectivity index (χ3v) is 6.35. The third kappa shape index (κ3) is 2.47. The molecule has 3 heteroatoms. The predicted molar refractivity (Wildman–Crippen MR) is 107 cm³/mol. The largest absolute Gasteiger partial charge is 0.293 e. The molecule has 0 spiro atoms. The van der Waals surface area contributed by atoms with Crippen molar-refractivity contribution in [3.8, 4) is 0 Å². The number of hydrogen-bond acceptors (Lipinski definition) is 2. The lowest BCUT2D eigenvalue weighted by atomic mass is 9.93. The monoisotopic (exact) mass is 396 g/mol. The summed E-state index contributed by atoms with van der Waals surface area (Å²) in [6, 6.07) is 16.9. The zero-order valence-corrected chi connectivity index (χ0v) is 16.0. The Kier molecular flexibility index (Phi) is 3.93. The number of benzene rings is 2. The highest BCUT2D eigenvalue weighted by Gasteiger charge is 2.34. The SMILES string of the molecule is Cc1cc(C2=C(c3cccc4ccccc34)CC(Br)C2=O)c(C)s1. The lowest BCUT2D eigenvalue weighted by molar-refractivity contribution is -0.112. The van der Waals surface area contributed by atoms with Crippen LogP contribution in [0.5, 0.6) is 0 Å². The number of hydrogen-bond donors (Lipinski definition) is 0. The summed E-state index contributed by atoms with van der Waals surface area (Å²) in [5.41, 5.74) is 4.35. The van der Waals surface area contributed by atoms with E-state index in [4.69, 9.17) is 0 Å². The number of carbonyl (C=O) groups excluding carboxylic acids is 1. The molecule has 0 radical (unpaired) electrons. The Balaban J connectivity index is 2.02. The smallest absolute Gasteiger partial charge is 0.177 e. The highest BCUT2D eigenvalue weighted by atomic mass is 79.9. The van der Waals surface area contributed by atoms with E-state index >= 15 is 0 Å². The zero-order valence-electron chi connectivity index (χ0n) is 13.6. The van der Waals surface area contributed by atoms with Crippen molar-refractivity contribution in [3.63, 3.8) is 0 Å². The summed E-state index contributed by atoms with van der Waals surface area (Å²) in [6.07, 6.45) is 0.747. The zero-order chi connectivity index (χ0) is 16.8. The molecule has 24 heavy (non-hydrogen) atoms. The first-order chi connectivity index (χ1) is 11.6. The van der Waals surface area contributed by atoms with Crippen LogP contribution in [0, 0.1) is 13.8 Å². The molecule has 0 bridgehead atoms. The molecule has 0 amide bonds. The molecule has 1 nitrogen and oxygen atoms in total. The highest BCUT2D eigenvalue weighted by Crippen LogP contribution is 2.44. The summed E-state index contributed by atoms with van der Waals surface area (Å²) < 4.78 is 0. The Hall–Kier alpha value is -1.71. The van der Waals surface area contributed by atoms with Gasteiger partial charge in [-0.1, -0.05) is 58.4 Å². The van der Waals surface area contributed by atoms with Crippen LogP contribution in [0.1, 0.15) is 27.3 Å². The number of Topliss-reactive ketones (excluding diaryl/α,β-unsaturated/α-hetero) is 1. The van der Waals surface area contributed by atoms with Gasteiger partial charge in [-0.25, -0.2) is 0 Å². The average molecular weight is 397 g/mol. The summed E-state index contributed by atoms with van der Waals surface area (Å²) in [5, 5.41) is 2.43. The number of thiophene rings is 1. The van der Waals surface area contributed by atoms with Gasteiger partial charge in [-0.3, -0.25) is 4.79 Å². The molecule has 0 saturated carbocycles. The van der Waals surface area contributed by atoms with Crippen molar-refractivity contribution in [2.75, 3.05) is 0 Å². The Labute approximate surface area is 154 Å². The quantitative estimate of drug-likeness (QED) is 0.473. The van der Waals surface area contributed by atoms with Crippen molar-refractivity contribution in [3.05, 3.63) is 69.4 Å². The molecular weight excluding hydrogens is 380 g/mol. The van der Waals surface area contributed by atoms with E-state index in [1.165, 1.54) is 31.7 Å². The molecule has 1 aromatic heterocycles. The molecular formula is C21H17BrOS. The first kappa shape index (κ1) is 15.8. The number of allylic oxidation sites excluding steroid dienone is 2.